The number of thiazole rings is 1. The Morgan fingerprint density at radius 3 is 2.28 bits per heavy atom. The minimum absolute atomic E-state index is 0.000162. The number of piperazine rings is 1. The van der Waals surface area contributed by atoms with E-state index < -0.39 is 58.4 Å². The highest BCUT2D eigenvalue weighted by Gasteiger charge is 2.49. The summed E-state index contributed by atoms with van der Waals surface area (Å²) < 4.78 is 45.9. The van der Waals surface area contributed by atoms with Crippen LogP contribution in [-0.2, 0) is 25.5 Å². The third-order valence-corrected chi connectivity index (χ3v) is 19.1. The predicted octanol–water partition coefficient (Wildman–Crippen LogP) is 9.15. The number of carbonyl (C=O) groups is 4. The summed E-state index contributed by atoms with van der Waals surface area (Å²) in [7, 11) is 0. The lowest BCUT2D eigenvalue weighted by molar-refractivity contribution is -0.145. The van der Waals surface area contributed by atoms with E-state index in [1.807, 2.05) is 115 Å². The van der Waals surface area contributed by atoms with Gasteiger partial charge in [-0.15, -0.1) is 11.3 Å². The number of β-amino-alcohol motifs (C(OH)–C–C–N with tert-alkyl or cyclic N) is 1. The molecule has 5 aliphatic heterocycles. The summed E-state index contributed by atoms with van der Waals surface area (Å²) in [5.41, 5.74) is 3.30. The number of halogens is 2. The Kier molecular flexibility index (Phi) is 17.8. The van der Waals surface area contributed by atoms with Gasteiger partial charge in [-0.2, -0.15) is 9.97 Å². The minimum atomic E-state index is -1.47. The molecule has 3 aromatic heterocycles. The maximum Gasteiger partial charge on any atom is 0.410 e. The van der Waals surface area contributed by atoms with Gasteiger partial charge in [-0.25, -0.2) is 18.6 Å². The van der Waals surface area contributed by atoms with E-state index in [2.05, 4.69) is 25.4 Å². The number of phenolic OH excluding ortho intramolecular Hbond substituents is 1. The van der Waals surface area contributed by atoms with Gasteiger partial charge in [0.1, 0.15) is 52.7 Å². The van der Waals surface area contributed by atoms with Crippen molar-refractivity contribution >= 4 is 62.6 Å². The molecular formula is C66H83F2N11O8S. The van der Waals surface area contributed by atoms with Crippen LogP contribution in [0.15, 0.2) is 66.3 Å². The first-order chi connectivity index (χ1) is 41.8. The number of nitrogens with one attached hydrogen (secondary N) is 2. The highest BCUT2D eigenvalue weighted by atomic mass is 32.1. The van der Waals surface area contributed by atoms with Crippen LogP contribution in [0.3, 0.4) is 0 Å². The number of benzene rings is 3. The number of aliphatic hydroxyl groups excluding tert-OH is 1. The van der Waals surface area contributed by atoms with Gasteiger partial charge in [-0.1, -0.05) is 70.2 Å². The zero-order chi connectivity index (χ0) is 62.6. The molecule has 8 heterocycles. The second-order valence-electron chi connectivity index (χ2n) is 27.1. The average molecular weight is 1230 g/mol. The number of amides is 4. The second-order valence-corrected chi connectivity index (χ2v) is 27.9. The number of ether oxygens (including phenoxy) is 2. The topological polar surface area (TPSA) is 219 Å². The molecule has 22 heteroatoms. The van der Waals surface area contributed by atoms with Crippen LogP contribution in [0, 0.1) is 24.1 Å². The Bertz CT molecular complexity index is 3570. The summed E-state index contributed by atoms with van der Waals surface area (Å²) in [5.74, 6) is -1.38. The molecule has 5 aliphatic rings. The van der Waals surface area contributed by atoms with Crippen LogP contribution in [-0.4, -0.2) is 181 Å². The fourth-order valence-corrected chi connectivity index (χ4v) is 14.6. The van der Waals surface area contributed by atoms with Crippen LogP contribution in [0.25, 0.3) is 43.4 Å². The number of pyridine rings is 1. The first-order valence-corrected chi connectivity index (χ1v) is 31.9. The van der Waals surface area contributed by atoms with Crippen LogP contribution >= 0.6 is 11.3 Å². The quantitative estimate of drug-likeness (QED) is 0.0669. The normalized spacial score (nSPS) is 21.6. The molecule has 5 fully saturated rings. The molecule has 0 spiro atoms. The van der Waals surface area contributed by atoms with E-state index in [9.17, 15) is 29.4 Å². The largest absolute Gasteiger partial charge is 0.508 e. The summed E-state index contributed by atoms with van der Waals surface area (Å²) in [6, 6.07) is 14.3. The summed E-state index contributed by atoms with van der Waals surface area (Å²) in [6.07, 6.45) is 4.52. The Hall–Kier alpha value is -7.14. The fourth-order valence-electron chi connectivity index (χ4n) is 13.8. The lowest BCUT2D eigenvalue weighted by Crippen LogP contribution is -2.63. The Morgan fingerprint density at radius 2 is 1.62 bits per heavy atom. The fraction of sp³-hybridized carbons (Fsp3) is 0.545. The van der Waals surface area contributed by atoms with E-state index >= 15 is 8.78 Å². The summed E-state index contributed by atoms with van der Waals surface area (Å²) in [4.78, 5) is 84.4. The van der Waals surface area contributed by atoms with Crippen molar-refractivity contribution in [2.75, 3.05) is 70.4 Å². The number of aryl methyl sites for hydroxylation is 2. The standard InChI is InChI=1S/C66H83F2N11O8S/c1-10-41-12-11-13-44-26-47(80)27-49(53(41)44)55-54(67)56-50(30-69-55)59(77-31-45-18-19-46(32-77)79(45)63(85)87-65(7,8)9)74-62(73-56)86-25-24-75-22-20-40(21-23-75)29-66(68)35-76(36-66)34-52(82)72-58(64(4,5)6)61(84)78-33-48(81)28-51(78)60(83)71-38(2)42-14-16-43(17-15-42)57-39(3)70-37-88-57/h11-17,26-27,30,37-38,40,45-46,48,51,58,80-81H,10,18-25,28-29,31-36H2,1-9H3,(H,71,83)(H,72,82)/t38?,45?,46?,48-,51+,58?/m1/s1. The first kappa shape index (κ1) is 62.5. The van der Waals surface area contributed by atoms with Gasteiger partial charge < -0.3 is 40.1 Å². The number of carbonyl (C=O) groups excluding carboxylic acids is 4. The molecule has 0 radical (unpaired) electrons. The third-order valence-electron chi connectivity index (χ3n) is 18.2. The van der Waals surface area contributed by atoms with Crippen molar-refractivity contribution < 1.29 is 47.6 Å². The van der Waals surface area contributed by atoms with Gasteiger partial charge in [0.15, 0.2) is 5.82 Å². The van der Waals surface area contributed by atoms with Gasteiger partial charge in [-0.3, -0.25) is 34.1 Å². The molecule has 5 saturated heterocycles. The van der Waals surface area contributed by atoms with Gasteiger partial charge >= 0.3 is 12.1 Å². The highest BCUT2D eigenvalue weighted by molar-refractivity contribution is 7.13. The van der Waals surface area contributed by atoms with Crippen LogP contribution in [0.4, 0.5) is 19.4 Å². The molecule has 2 bridgehead atoms. The number of piperidine rings is 1. The zero-order valence-corrected chi connectivity index (χ0v) is 52.8. The van der Waals surface area contributed by atoms with E-state index in [0.29, 0.717) is 62.3 Å². The Balaban J connectivity index is 0.686. The average Bonchev–Trinajstić information content (AvgIpc) is 1.89. The van der Waals surface area contributed by atoms with E-state index in [4.69, 9.17) is 24.4 Å². The number of hydrogen-bond acceptors (Lipinski definition) is 16. The molecule has 11 rings (SSSR count). The number of rotatable bonds is 17. The monoisotopic (exact) mass is 1230 g/mol. The Labute approximate surface area is 517 Å². The summed E-state index contributed by atoms with van der Waals surface area (Å²) in [5, 5.41) is 29.5. The van der Waals surface area contributed by atoms with Crippen LogP contribution in [0.2, 0.25) is 0 Å². The number of likely N-dealkylation sites (tertiary alicyclic amines) is 3. The molecule has 4 amide bonds. The predicted molar refractivity (Wildman–Crippen MR) is 334 cm³/mol. The van der Waals surface area contributed by atoms with E-state index in [0.717, 1.165) is 63.7 Å². The zero-order valence-electron chi connectivity index (χ0n) is 51.9. The molecule has 4 N–H and O–H groups in total. The number of phenols is 1. The van der Waals surface area contributed by atoms with Gasteiger partial charge in [0, 0.05) is 57.4 Å². The molecule has 4 unspecified atom stereocenters. The highest BCUT2D eigenvalue weighted by Crippen LogP contribution is 2.42. The van der Waals surface area contributed by atoms with E-state index in [1.54, 1.807) is 28.5 Å². The number of hydrogen-bond donors (Lipinski definition) is 4. The second kappa shape index (κ2) is 25.0. The minimum Gasteiger partial charge on any atom is -0.508 e. The van der Waals surface area contributed by atoms with Crippen molar-refractivity contribution in [3.05, 3.63) is 88.9 Å². The molecule has 0 saturated carbocycles. The van der Waals surface area contributed by atoms with Crippen molar-refractivity contribution in [2.24, 2.45) is 11.3 Å². The number of aliphatic hydroxyl groups is 1. The number of aromatic nitrogens is 4. The number of fused-ring (bicyclic) bond motifs is 4. The number of nitrogens with zero attached hydrogens (tertiary/aromatic N) is 9. The van der Waals surface area contributed by atoms with Crippen LogP contribution < -0.4 is 20.3 Å². The molecule has 6 atom stereocenters. The van der Waals surface area contributed by atoms with Gasteiger partial charge in [0.05, 0.1) is 52.2 Å². The third kappa shape index (κ3) is 13.4. The van der Waals surface area contributed by atoms with Crippen LogP contribution in [0.1, 0.15) is 117 Å². The molecule has 3 aromatic carbocycles. The van der Waals surface area contributed by atoms with Crippen molar-refractivity contribution in [2.45, 2.75) is 155 Å². The molecule has 19 nitrogen and oxygen atoms in total. The van der Waals surface area contributed by atoms with Crippen molar-refractivity contribution in [3.8, 4) is 33.5 Å². The molecule has 0 aliphatic carbocycles. The van der Waals surface area contributed by atoms with Gasteiger partial charge in [0.25, 0.3) is 0 Å². The maximum absolute atomic E-state index is 17.4. The van der Waals surface area contributed by atoms with E-state index in [-0.39, 0.29) is 92.3 Å². The lowest BCUT2D eigenvalue weighted by Gasteiger charge is -2.47. The first-order valence-electron chi connectivity index (χ1n) is 31.0. The maximum atomic E-state index is 17.4. The molecular weight excluding hydrogens is 1140 g/mol. The molecule has 470 valence electrons. The Morgan fingerprint density at radius 1 is 0.909 bits per heavy atom. The van der Waals surface area contributed by atoms with Crippen molar-refractivity contribution in [3.63, 3.8) is 0 Å². The molecule has 88 heavy (non-hydrogen) atoms. The summed E-state index contributed by atoms with van der Waals surface area (Å²) >= 11 is 1.56. The SMILES string of the molecule is CCc1cccc2cc(O)cc(-c3ncc4c(N5CC6CCC(C5)N6C(=O)OC(C)(C)C)nc(OCCN5CCC(CC6(F)CN(CC(=O)NC(C(=O)N7C[C@H](O)C[C@H]7C(=O)NC(C)c7ccc(-c8scnc8C)cc7)C(C)(C)C)C6)CC5)nc4c3F)c12. The van der Waals surface area contributed by atoms with Crippen molar-refractivity contribution in [1.82, 2.24) is 50.2 Å². The van der Waals surface area contributed by atoms with Gasteiger partial charge in [-0.05, 0) is 137 Å². The number of anilines is 1. The summed E-state index contributed by atoms with van der Waals surface area (Å²) in [6.45, 7) is 20.0. The van der Waals surface area contributed by atoms with Crippen LogP contribution in [0.5, 0.6) is 11.8 Å². The molecule has 6 aromatic rings. The number of aromatic hydroxyl groups is 1. The number of alkyl halides is 1. The van der Waals surface area contributed by atoms with E-state index in [1.165, 1.54) is 11.0 Å². The van der Waals surface area contributed by atoms with Gasteiger partial charge in [0.2, 0.25) is 17.7 Å². The smallest absolute Gasteiger partial charge is 0.410 e. The lowest BCUT2D eigenvalue weighted by atomic mass is 9.81. The van der Waals surface area contributed by atoms with Crippen molar-refractivity contribution in [1.29, 1.82) is 0 Å².